The van der Waals surface area contributed by atoms with Gasteiger partial charge in [-0.25, -0.2) is 0 Å². The molecule has 0 saturated heterocycles. The first-order valence-electron chi connectivity index (χ1n) is 8.18. The van der Waals surface area contributed by atoms with Crippen molar-refractivity contribution in [2.45, 2.75) is 45.6 Å². The van der Waals surface area contributed by atoms with Crippen molar-refractivity contribution in [3.63, 3.8) is 0 Å². The molecule has 0 heterocycles. The van der Waals surface area contributed by atoms with Crippen molar-refractivity contribution >= 4 is 0 Å². The zero-order valence-electron chi connectivity index (χ0n) is 13.9. The SMILES string of the molecule is C[C@]12CC[C@H]3[C@@H](C=CC4=CC([O])=C=C[C@@]43C)[C@@H]1CC[C@@H]2O.[Cl-].[Hg+]. The summed E-state index contributed by atoms with van der Waals surface area (Å²) in [6.45, 7) is 4.53. The van der Waals surface area contributed by atoms with E-state index in [2.05, 4.69) is 31.7 Å². The first-order chi connectivity index (χ1) is 9.95. The van der Waals surface area contributed by atoms with Crippen LogP contribution in [0.5, 0.6) is 0 Å². The predicted octanol–water partition coefficient (Wildman–Crippen LogP) is 0.777. The maximum atomic E-state index is 11.6. The predicted molar refractivity (Wildman–Crippen MR) is 80.7 cm³/mol. The Morgan fingerprint density at radius 1 is 1.22 bits per heavy atom. The summed E-state index contributed by atoms with van der Waals surface area (Å²) in [5, 5.41) is 22.0. The second-order valence-corrected chi connectivity index (χ2v) is 7.82. The molecule has 2 fully saturated rings. The third kappa shape index (κ3) is 2.61. The molecule has 0 aromatic carbocycles. The van der Waals surface area contributed by atoms with E-state index < -0.39 is 0 Å². The Kier molecular flexibility index (Phi) is 5.35. The molecule has 4 aliphatic rings. The van der Waals surface area contributed by atoms with E-state index in [1.54, 1.807) is 6.08 Å². The maximum absolute atomic E-state index is 11.6. The molecule has 0 aliphatic heterocycles. The molecule has 4 rings (SSSR count). The molecule has 2 nitrogen and oxygen atoms in total. The Balaban J connectivity index is 0.000000960. The normalized spacial score (nSPS) is 46.4. The average Bonchev–Trinajstić information content (AvgIpc) is 2.76. The molecule has 0 amide bonds. The molecule has 0 unspecified atom stereocenters. The third-order valence-electron chi connectivity index (χ3n) is 6.97. The largest absolute Gasteiger partial charge is 1.00 e. The Hall–Kier alpha value is -0.0149. The van der Waals surface area contributed by atoms with Crippen molar-refractivity contribution in [3.05, 3.63) is 41.4 Å². The van der Waals surface area contributed by atoms with Crippen LogP contribution >= 0.6 is 0 Å². The molecule has 0 aromatic rings. The number of aliphatic hydroxyl groups is 1. The number of allylic oxidation sites excluding steroid dienone is 4. The standard InChI is InChI=1S/C19H23O2.ClH.Hg/c1-18-9-7-13(20)11-12(18)3-4-14-15-5-6-17(21)19(15,2)10-8-16(14)18;;/h3-4,9,11,14-17,21H,5-6,8,10H2,1-2H3;1H;/q;;+1/p-1/t14-,15-,16-,17-,18-,19-;;/m0../s1. The molecule has 0 bridgehead atoms. The van der Waals surface area contributed by atoms with Crippen LogP contribution in [-0.4, -0.2) is 11.2 Å². The molecule has 1 N–H and O–H groups in total. The third-order valence-corrected chi connectivity index (χ3v) is 6.97. The number of aliphatic hydroxyl groups excluding tert-OH is 1. The summed E-state index contributed by atoms with van der Waals surface area (Å²) in [5.41, 5.74) is 4.09. The van der Waals surface area contributed by atoms with E-state index in [0.717, 1.165) is 31.3 Å². The summed E-state index contributed by atoms with van der Waals surface area (Å²) in [4.78, 5) is 0. The van der Waals surface area contributed by atoms with Crippen LogP contribution in [0.2, 0.25) is 0 Å². The van der Waals surface area contributed by atoms with Gasteiger partial charge < -0.3 is 17.5 Å². The number of hydrogen-bond donors (Lipinski definition) is 1. The molecule has 2 radical (unpaired) electrons. The van der Waals surface area contributed by atoms with Gasteiger partial charge in [-0.05, 0) is 66.6 Å². The quantitative estimate of drug-likeness (QED) is 0.373. The van der Waals surface area contributed by atoms with E-state index in [0.29, 0.717) is 17.8 Å². The van der Waals surface area contributed by atoms with Gasteiger partial charge in [0.05, 0.1) is 6.10 Å². The zero-order chi connectivity index (χ0) is 14.8. The van der Waals surface area contributed by atoms with Crippen LogP contribution in [0, 0.1) is 28.6 Å². The number of hydrogen-bond acceptors (Lipinski definition) is 1. The fourth-order valence-corrected chi connectivity index (χ4v) is 5.54. The first kappa shape index (κ1) is 19.3. The van der Waals surface area contributed by atoms with Crippen LogP contribution in [0.15, 0.2) is 41.4 Å². The minimum absolute atomic E-state index is 0. The fraction of sp³-hybridized carbons (Fsp3) is 0.632. The molecule has 6 atom stereocenters. The molecule has 0 spiro atoms. The van der Waals surface area contributed by atoms with Gasteiger partial charge >= 0.3 is 27.7 Å². The molecule has 120 valence electrons. The van der Waals surface area contributed by atoms with Gasteiger partial charge in [0.15, 0.2) is 0 Å². The van der Waals surface area contributed by atoms with Crippen LogP contribution in [-0.2, 0) is 32.8 Å². The smallest absolute Gasteiger partial charge is 1.00 e. The van der Waals surface area contributed by atoms with Gasteiger partial charge in [0.1, 0.15) is 0 Å². The van der Waals surface area contributed by atoms with E-state index in [-0.39, 0.29) is 62.8 Å². The van der Waals surface area contributed by atoms with Gasteiger partial charge in [0.2, 0.25) is 5.76 Å². The van der Waals surface area contributed by atoms with E-state index in [9.17, 15) is 10.2 Å². The van der Waals surface area contributed by atoms with Gasteiger partial charge in [0, 0.05) is 5.41 Å². The first-order valence-corrected chi connectivity index (χ1v) is 8.18. The molecule has 0 aromatic heterocycles. The molecule has 4 aliphatic carbocycles. The average molecular weight is 519 g/mol. The Bertz CT molecular complexity index is 619. The van der Waals surface area contributed by atoms with Gasteiger partial charge in [-0.3, -0.25) is 5.11 Å². The Morgan fingerprint density at radius 3 is 2.70 bits per heavy atom. The van der Waals surface area contributed by atoms with Crippen LogP contribution < -0.4 is 12.4 Å². The number of fused-ring (bicyclic) bond motifs is 5. The summed E-state index contributed by atoms with van der Waals surface area (Å²) in [6.07, 6.45) is 12.4. The van der Waals surface area contributed by atoms with E-state index in [4.69, 9.17) is 0 Å². The second kappa shape index (κ2) is 6.37. The van der Waals surface area contributed by atoms with Crippen molar-refractivity contribution in [3.8, 4) is 0 Å². The zero-order valence-corrected chi connectivity index (χ0v) is 20.1. The summed E-state index contributed by atoms with van der Waals surface area (Å²) in [7, 11) is 0. The molecular weight excluding hydrogens is 496 g/mol. The van der Waals surface area contributed by atoms with Gasteiger partial charge in [-0.2, -0.15) is 0 Å². The van der Waals surface area contributed by atoms with E-state index >= 15 is 0 Å². The van der Waals surface area contributed by atoms with Crippen LogP contribution in [0.4, 0.5) is 0 Å². The minimum Gasteiger partial charge on any atom is -1.00 e. The fourth-order valence-electron chi connectivity index (χ4n) is 5.54. The van der Waals surface area contributed by atoms with Gasteiger partial charge in [-0.1, -0.05) is 31.7 Å². The summed E-state index contributed by atoms with van der Waals surface area (Å²) in [5.74, 6) is 1.63. The second-order valence-electron chi connectivity index (χ2n) is 7.82. The van der Waals surface area contributed by atoms with Gasteiger partial charge in [-0.15, -0.1) is 0 Å². The molecule has 2 saturated carbocycles. The molecular formula is C19H23ClHgO2. The van der Waals surface area contributed by atoms with Crippen molar-refractivity contribution in [2.75, 3.05) is 0 Å². The number of rotatable bonds is 0. The maximum Gasteiger partial charge on any atom is 1.00 e. The van der Waals surface area contributed by atoms with Crippen molar-refractivity contribution in [2.24, 2.45) is 28.6 Å². The van der Waals surface area contributed by atoms with Crippen molar-refractivity contribution in [1.29, 1.82) is 0 Å². The van der Waals surface area contributed by atoms with Crippen LogP contribution in [0.3, 0.4) is 0 Å². The van der Waals surface area contributed by atoms with Crippen LogP contribution in [0.1, 0.15) is 39.5 Å². The monoisotopic (exact) mass is 520 g/mol. The summed E-state index contributed by atoms with van der Waals surface area (Å²) in [6, 6.07) is 0. The van der Waals surface area contributed by atoms with Crippen molar-refractivity contribution in [1.82, 2.24) is 0 Å². The van der Waals surface area contributed by atoms with Gasteiger partial charge in [0.25, 0.3) is 0 Å². The van der Waals surface area contributed by atoms with Crippen LogP contribution in [0.25, 0.3) is 0 Å². The topological polar surface area (TPSA) is 40.1 Å². The molecule has 23 heavy (non-hydrogen) atoms. The summed E-state index contributed by atoms with van der Waals surface area (Å²) < 4.78 is 0. The van der Waals surface area contributed by atoms with E-state index in [1.807, 2.05) is 6.08 Å². The minimum atomic E-state index is -0.142. The summed E-state index contributed by atoms with van der Waals surface area (Å²) >= 11 is 0. The number of halogens is 1. The Labute approximate surface area is 165 Å². The Morgan fingerprint density at radius 2 is 1.96 bits per heavy atom. The molecule has 4 heteroatoms. The van der Waals surface area contributed by atoms with Crippen molar-refractivity contribution < 1.29 is 50.3 Å². The van der Waals surface area contributed by atoms with E-state index in [1.165, 1.54) is 0 Å².